The molecule has 1 aliphatic rings. The van der Waals surface area contributed by atoms with E-state index in [0.29, 0.717) is 0 Å². The first-order valence-corrected chi connectivity index (χ1v) is 11.7. The minimum Gasteiger partial charge on any atom is -0.303 e. The summed E-state index contributed by atoms with van der Waals surface area (Å²) >= 11 is 0. The molecule has 0 aromatic carbocycles. The van der Waals surface area contributed by atoms with Gasteiger partial charge in [-0.3, -0.25) is 4.90 Å². The summed E-state index contributed by atoms with van der Waals surface area (Å²) in [6, 6.07) is 0. The van der Waals surface area contributed by atoms with Crippen LogP contribution in [0.15, 0.2) is 0 Å². The molecule has 1 saturated heterocycles. The van der Waals surface area contributed by atoms with Crippen molar-refractivity contribution in [3.05, 3.63) is 0 Å². The SMILES string of the molecule is CC(C)CCCCCCCCCCCCCCCCCN1CCNC1. The van der Waals surface area contributed by atoms with E-state index in [1.165, 1.54) is 122 Å². The van der Waals surface area contributed by atoms with Gasteiger partial charge in [-0.25, -0.2) is 0 Å². The van der Waals surface area contributed by atoms with Crippen molar-refractivity contribution in [3.8, 4) is 0 Å². The van der Waals surface area contributed by atoms with E-state index >= 15 is 0 Å². The molecule has 0 aliphatic carbocycles. The third-order valence-electron chi connectivity index (χ3n) is 5.70. The minimum atomic E-state index is 0.896. The van der Waals surface area contributed by atoms with Gasteiger partial charge in [-0.2, -0.15) is 0 Å². The zero-order valence-corrected chi connectivity index (χ0v) is 17.7. The quantitative estimate of drug-likeness (QED) is 0.275. The molecule has 0 aromatic heterocycles. The molecule has 1 aliphatic heterocycles. The second kappa shape index (κ2) is 17.3. The Labute approximate surface area is 159 Å². The molecule has 0 saturated carbocycles. The molecule has 0 spiro atoms. The lowest BCUT2D eigenvalue weighted by atomic mass is 10.0. The number of rotatable bonds is 18. The van der Waals surface area contributed by atoms with Gasteiger partial charge in [0.15, 0.2) is 0 Å². The van der Waals surface area contributed by atoms with Gasteiger partial charge in [0, 0.05) is 19.8 Å². The highest BCUT2D eigenvalue weighted by Gasteiger charge is 2.08. The Hall–Kier alpha value is -0.0800. The largest absolute Gasteiger partial charge is 0.303 e. The first kappa shape index (κ1) is 23.0. The molecule has 0 unspecified atom stereocenters. The van der Waals surface area contributed by atoms with Crippen molar-refractivity contribution < 1.29 is 0 Å². The smallest absolute Gasteiger partial charge is 0.0481 e. The number of unbranched alkanes of at least 4 members (excludes halogenated alkanes) is 14. The molecule has 1 fully saturated rings. The Morgan fingerprint density at radius 3 is 1.48 bits per heavy atom. The molecular weight excluding hydrogens is 304 g/mol. The summed E-state index contributed by atoms with van der Waals surface area (Å²) in [4.78, 5) is 2.55. The van der Waals surface area contributed by atoms with Gasteiger partial charge in [-0.15, -0.1) is 0 Å². The molecule has 1 rings (SSSR count). The Bertz CT molecular complexity index is 259. The van der Waals surface area contributed by atoms with Gasteiger partial charge in [-0.1, -0.05) is 110 Å². The highest BCUT2D eigenvalue weighted by molar-refractivity contribution is 4.65. The van der Waals surface area contributed by atoms with Crippen LogP contribution in [0.25, 0.3) is 0 Å². The van der Waals surface area contributed by atoms with Crippen LogP contribution >= 0.6 is 0 Å². The van der Waals surface area contributed by atoms with E-state index in [1.807, 2.05) is 0 Å². The second-order valence-corrected chi connectivity index (χ2v) is 8.76. The maximum atomic E-state index is 3.41. The topological polar surface area (TPSA) is 15.3 Å². The van der Waals surface area contributed by atoms with Crippen LogP contribution in [-0.2, 0) is 0 Å². The highest BCUT2D eigenvalue weighted by atomic mass is 15.3. The molecule has 1 heterocycles. The standard InChI is InChI=1S/C23H48N2/c1-23(2)18-16-14-12-10-8-6-4-3-5-7-9-11-13-15-17-20-25-21-19-24-22-25/h23-24H,3-22H2,1-2H3. The third-order valence-corrected chi connectivity index (χ3v) is 5.70. The third kappa shape index (κ3) is 15.9. The average Bonchev–Trinajstić information content (AvgIpc) is 3.11. The summed E-state index contributed by atoms with van der Waals surface area (Å²) in [7, 11) is 0. The van der Waals surface area contributed by atoms with Crippen molar-refractivity contribution in [2.45, 2.75) is 117 Å². The molecule has 150 valence electrons. The number of hydrogen-bond acceptors (Lipinski definition) is 2. The second-order valence-electron chi connectivity index (χ2n) is 8.76. The molecule has 0 aromatic rings. The van der Waals surface area contributed by atoms with Crippen molar-refractivity contribution in [1.29, 1.82) is 0 Å². The zero-order valence-electron chi connectivity index (χ0n) is 17.7. The molecule has 0 amide bonds. The maximum absolute atomic E-state index is 3.41. The van der Waals surface area contributed by atoms with Gasteiger partial charge in [0.05, 0.1) is 0 Å². The van der Waals surface area contributed by atoms with E-state index in [9.17, 15) is 0 Å². The fourth-order valence-corrected chi connectivity index (χ4v) is 3.93. The van der Waals surface area contributed by atoms with Gasteiger partial charge in [0.1, 0.15) is 0 Å². The van der Waals surface area contributed by atoms with Crippen LogP contribution in [-0.4, -0.2) is 31.2 Å². The summed E-state index contributed by atoms with van der Waals surface area (Å²) in [5.74, 6) is 0.896. The van der Waals surface area contributed by atoms with Gasteiger partial charge in [0.2, 0.25) is 0 Å². The molecule has 1 N–H and O–H groups in total. The summed E-state index contributed by atoms with van der Waals surface area (Å²) in [5, 5.41) is 3.41. The Morgan fingerprint density at radius 1 is 0.640 bits per heavy atom. The monoisotopic (exact) mass is 352 g/mol. The van der Waals surface area contributed by atoms with Crippen molar-refractivity contribution >= 4 is 0 Å². The minimum absolute atomic E-state index is 0.896. The van der Waals surface area contributed by atoms with Crippen molar-refractivity contribution in [3.63, 3.8) is 0 Å². The van der Waals surface area contributed by atoms with Gasteiger partial charge in [-0.05, 0) is 18.9 Å². The lowest BCUT2D eigenvalue weighted by Crippen LogP contribution is -2.22. The van der Waals surface area contributed by atoms with Crippen molar-refractivity contribution in [2.75, 3.05) is 26.3 Å². The van der Waals surface area contributed by atoms with Crippen LogP contribution in [0.3, 0.4) is 0 Å². The van der Waals surface area contributed by atoms with E-state index in [2.05, 4.69) is 24.1 Å². The van der Waals surface area contributed by atoms with Gasteiger partial charge >= 0.3 is 0 Å². The lowest BCUT2D eigenvalue weighted by molar-refractivity contribution is 0.324. The summed E-state index contributed by atoms with van der Waals surface area (Å²) in [5.41, 5.74) is 0. The van der Waals surface area contributed by atoms with Crippen LogP contribution in [0.1, 0.15) is 117 Å². The normalized spacial score (nSPS) is 15.5. The Kier molecular flexibility index (Phi) is 15.9. The van der Waals surface area contributed by atoms with Crippen LogP contribution in [0.4, 0.5) is 0 Å². The van der Waals surface area contributed by atoms with E-state index in [-0.39, 0.29) is 0 Å². The van der Waals surface area contributed by atoms with Crippen molar-refractivity contribution in [2.24, 2.45) is 5.92 Å². The predicted octanol–water partition coefficient (Wildman–Crippen LogP) is 6.75. The number of nitrogens with one attached hydrogen (secondary N) is 1. The zero-order chi connectivity index (χ0) is 18.0. The van der Waals surface area contributed by atoms with E-state index in [0.717, 1.165) is 12.6 Å². The number of nitrogens with zero attached hydrogens (tertiary/aromatic N) is 1. The lowest BCUT2D eigenvalue weighted by Gasteiger charge is -2.12. The first-order chi connectivity index (χ1) is 12.3. The van der Waals surface area contributed by atoms with Crippen LogP contribution in [0.5, 0.6) is 0 Å². The fraction of sp³-hybridized carbons (Fsp3) is 1.00. The molecule has 2 nitrogen and oxygen atoms in total. The van der Waals surface area contributed by atoms with E-state index in [1.54, 1.807) is 0 Å². The summed E-state index contributed by atoms with van der Waals surface area (Å²) in [6.45, 7) is 9.57. The van der Waals surface area contributed by atoms with E-state index < -0.39 is 0 Å². The van der Waals surface area contributed by atoms with E-state index in [4.69, 9.17) is 0 Å². The van der Waals surface area contributed by atoms with Crippen LogP contribution < -0.4 is 5.32 Å². The summed E-state index contributed by atoms with van der Waals surface area (Å²) in [6.07, 6.45) is 23.4. The molecule has 0 radical (unpaired) electrons. The molecule has 0 atom stereocenters. The Balaban J connectivity index is 1.64. The van der Waals surface area contributed by atoms with Crippen LogP contribution in [0.2, 0.25) is 0 Å². The molecule has 25 heavy (non-hydrogen) atoms. The first-order valence-electron chi connectivity index (χ1n) is 11.7. The summed E-state index contributed by atoms with van der Waals surface area (Å²) < 4.78 is 0. The average molecular weight is 353 g/mol. The fourth-order valence-electron chi connectivity index (χ4n) is 3.93. The molecule has 2 heteroatoms. The van der Waals surface area contributed by atoms with Crippen LogP contribution in [0, 0.1) is 5.92 Å². The highest BCUT2D eigenvalue weighted by Crippen LogP contribution is 2.14. The Morgan fingerprint density at radius 2 is 1.08 bits per heavy atom. The molecule has 0 bridgehead atoms. The number of hydrogen-bond donors (Lipinski definition) is 1. The van der Waals surface area contributed by atoms with Crippen molar-refractivity contribution in [1.82, 2.24) is 10.2 Å². The van der Waals surface area contributed by atoms with Gasteiger partial charge < -0.3 is 5.32 Å². The maximum Gasteiger partial charge on any atom is 0.0481 e. The predicted molar refractivity (Wildman–Crippen MR) is 113 cm³/mol. The van der Waals surface area contributed by atoms with Gasteiger partial charge in [0.25, 0.3) is 0 Å². The molecular formula is C23H48N2.